The number of hydrogen-bond acceptors (Lipinski definition) is 6. The van der Waals surface area contributed by atoms with E-state index in [9.17, 15) is 9.59 Å². The summed E-state index contributed by atoms with van der Waals surface area (Å²) in [5.74, 6) is -1.16. The van der Waals surface area contributed by atoms with Crippen molar-refractivity contribution in [3.63, 3.8) is 0 Å². The monoisotopic (exact) mass is 397 g/mol. The second-order valence-electron chi connectivity index (χ2n) is 6.00. The number of halogens is 2. The number of anilines is 1. The fraction of sp³-hybridized carbons (Fsp3) is 0.353. The summed E-state index contributed by atoms with van der Waals surface area (Å²) in [6.45, 7) is 1.76. The van der Waals surface area contributed by atoms with Crippen molar-refractivity contribution in [3.05, 3.63) is 45.1 Å². The van der Waals surface area contributed by atoms with Gasteiger partial charge in [0, 0.05) is 6.54 Å². The molecule has 0 unspecified atom stereocenters. The maximum Gasteiger partial charge on any atom is 0.346 e. The topological polar surface area (TPSA) is 98.7 Å². The average molecular weight is 398 g/mol. The first-order chi connectivity index (χ1) is 12.4. The Morgan fingerprint density at radius 2 is 2.15 bits per heavy atom. The van der Waals surface area contributed by atoms with Gasteiger partial charge in [0.25, 0.3) is 5.91 Å². The molecule has 0 aliphatic carbocycles. The molecule has 138 valence electrons. The van der Waals surface area contributed by atoms with Crippen molar-refractivity contribution in [2.45, 2.75) is 25.8 Å². The number of carbonyl (C=O) groups excluding carboxylic acids is 2. The third-order valence-corrected chi connectivity index (χ3v) is 5.06. The number of nitrogens with zero attached hydrogens (tertiary/aromatic N) is 2. The Bertz CT molecular complexity index is 833. The zero-order valence-corrected chi connectivity index (χ0v) is 15.5. The van der Waals surface area contributed by atoms with Crippen LogP contribution in [0.5, 0.6) is 0 Å². The number of ether oxygens (including phenoxy) is 1. The smallest absolute Gasteiger partial charge is 0.346 e. The average Bonchev–Trinajstić information content (AvgIpc) is 3.22. The van der Waals surface area contributed by atoms with Gasteiger partial charge < -0.3 is 19.9 Å². The molecule has 2 aromatic rings. The van der Waals surface area contributed by atoms with Crippen LogP contribution in [0, 0.1) is 6.92 Å². The van der Waals surface area contributed by atoms with Crippen molar-refractivity contribution in [2.75, 3.05) is 18.9 Å². The number of likely N-dealkylation sites (tertiary alicyclic amines) is 1. The molecule has 1 atom stereocenters. The maximum atomic E-state index is 12.5. The van der Waals surface area contributed by atoms with Crippen molar-refractivity contribution in [3.8, 4) is 0 Å². The maximum absolute atomic E-state index is 12.5. The van der Waals surface area contributed by atoms with Gasteiger partial charge in [0.1, 0.15) is 5.56 Å². The fourth-order valence-electron chi connectivity index (χ4n) is 3.05. The first-order valence-corrected chi connectivity index (χ1v) is 8.77. The van der Waals surface area contributed by atoms with Crippen LogP contribution in [0.4, 0.5) is 5.88 Å². The second kappa shape index (κ2) is 7.55. The van der Waals surface area contributed by atoms with Crippen LogP contribution in [0.3, 0.4) is 0 Å². The number of carbonyl (C=O) groups is 2. The summed E-state index contributed by atoms with van der Waals surface area (Å²) in [7, 11) is 0. The van der Waals surface area contributed by atoms with Crippen LogP contribution >= 0.6 is 23.2 Å². The molecule has 0 saturated carbocycles. The van der Waals surface area contributed by atoms with Gasteiger partial charge in [0.2, 0.25) is 5.88 Å². The Morgan fingerprint density at radius 3 is 2.81 bits per heavy atom. The normalized spacial score (nSPS) is 16.7. The van der Waals surface area contributed by atoms with E-state index in [0.29, 0.717) is 22.3 Å². The lowest BCUT2D eigenvalue weighted by atomic mass is 10.0. The zero-order valence-electron chi connectivity index (χ0n) is 14.0. The van der Waals surface area contributed by atoms with Gasteiger partial charge in [-0.2, -0.15) is 0 Å². The Kier molecular flexibility index (Phi) is 5.38. The second-order valence-corrected chi connectivity index (χ2v) is 6.82. The largest absolute Gasteiger partial charge is 0.452 e. The molecule has 1 aromatic heterocycles. The number of nitrogen functional groups attached to an aromatic ring is 1. The lowest BCUT2D eigenvalue weighted by Crippen LogP contribution is -2.34. The fourth-order valence-corrected chi connectivity index (χ4v) is 3.36. The van der Waals surface area contributed by atoms with Crippen molar-refractivity contribution < 1.29 is 18.8 Å². The molecule has 0 radical (unpaired) electrons. The van der Waals surface area contributed by atoms with Crippen molar-refractivity contribution in [1.82, 2.24) is 10.1 Å². The molecule has 7 nitrogen and oxygen atoms in total. The number of rotatable bonds is 4. The lowest BCUT2D eigenvalue weighted by molar-refractivity contribution is -0.135. The molecule has 3 rings (SSSR count). The summed E-state index contributed by atoms with van der Waals surface area (Å²) in [5, 5.41) is 4.49. The predicted octanol–water partition coefficient (Wildman–Crippen LogP) is 3.39. The van der Waals surface area contributed by atoms with E-state index < -0.39 is 5.97 Å². The summed E-state index contributed by atoms with van der Waals surface area (Å²) >= 11 is 12.0. The van der Waals surface area contributed by atoms with E-state index in [4.69, 9.17) is 38.2 Å². The van der Waals surface area contributed by atoms with E-state index in [0.717, 1.165) is 18.4 Å². The van der Waals surface area contributed by atoms with Crippen LogP contribution < -0.4 is 5.73 Å². The Balaban J connectivity index is 1.67. The summed E-state index contributed by atoms with van der Waals surface area (Å²) in [6.07, 6.45) is 1.65. The third-order valence-electron chi connectivity index (χ3n) is 4.32. The van der Waals surface area contributed by atoms with Crippen LogP contribution in [0.1, 0.15) is 40.5 Å². The number of aromatic nitrogens is 1. The molecule has 1 fully saturated rings. The standard InChI is InChI=1S/C17H17Cl2N3O4/c1-9-15(16(20)26-21-9)17(24)25-8-14(23)22-6-2-3-13(22)10-4-5-11(18)12(19)7-10/h4-5,7,13H,2-3,6,8,20H2,1H3/t13-/m0/s1. The summed E-state index contributed by atoms with van der Waals surface area (Å²) < 4.78 is 9.82. The van der Waals surface area contributed by atoms with Gasteiger partial charge in [-0.15, -0.1) is 0 Å². The highest BCUT2D eigenvalue weighted by atomic mass is 35.5. The van der Waals surface area contributed by atoms with Crippen molar-refractivity contribution >= 4 is 41.0 Å². The van der Waals surface area contributed by atoms with Gasteiger partial charge >= 0.3 is 5.97 Å². The molecule has 0 spiro atoms. The van der Waals surface area contributed by atoms with Crippen LogP contribution in [-0.4, -0.2) is 35.1 Å². The first kappa shape index (κ1) is 18.5. The molecule has 1 saturated heterocycles. The predicted molar refractivity (Wildman–Crippen MR) is 96.1 cm³/mol. The minimum atomic E-state index is -0.736. The molecular formula is C17H17Cl2N3O4. The van der Waals surface area contributed by atoms with Crippen LogP contribution in [-0.2, 0) is 9.53 Å². The van der Waals surface area contributed by atoms with E-state index in [1.165, 1.54) is 0 Å². The van der Waals surface area contributed by atoms with Gasteiger partial charge in [-0.05, 0) is 37.5 Å². The number of aryl methyl sites for hydroxylation is 1. The highest BCUT2D eigenvalue weighted by Crippen LogP contribution is 2.35. The van der Waals surface area contributed by atoms with E-state index in [1.807, 2.05) is 6.07 Å². The molecule has 1 aliphatic heterocycles. The summed E-state index contributed by atoms with van der Waals surface area (Å²) in [4.78, 5) is 26.3. The lowest BCUT2D eigenvalue weighted by Gasteiger charge is -2.25. The number of esters is 1. The van der Waals surface area contributed by atoms with Crippen molar-refractivity contribution in [2.24, 2.45) is 0 Å². The van der Waals surface area contributed by atoms with E-state index >= 15 is 0 Å². The molecule has 9 heteroatoms. The number of hydrogen-bond donors (Lipinski definition) is 1. The third kappa shape index (κ3) is 3.64. The molecule has 2 N–H and O–H groups in total. The minimum absolute atomic E-state index is 0.0419. The van der Waals surface area contributed by atoms with Gasteiger partial charge in [-0.3, -0.25) is 4.79 Å². The van der Waals surface area contributed by atoms with Gasteiger partial charge in [0.15, 0.2) is 6.61 Å². The number of benzene rings is 1. The molecule has 0 bridgehead atoms. The van der Waals surface area contributed by atoms with E-state index in [1.54, 1.807) is 24.0 Å². The van der Waals surface area contributed by atoms with E-state index in [2.05, 4.69) is 5.16 Å². The van der Waals surface area contributed by atoms with Crippen molar-refractivity contribution in [1.29, 1.82) is 0 Å². The van der Waals surface area contributed by atoms with Gasteiger partial charge in [-0.25, -0.2) is 4.79 Å². The molecular weight excluding hydrogens is 381 g/mol. The summed E-state index contributed by atoms with van der Waals surface area (Å²) in [5.41, 5.74) is 6.80. The number of nitrogens with two attached hydrogens (primary N) is 1. The first-order valence-electron chi connectivity index (χ1n) is 8.01. The zero-order chi connectivity index (χ0) is 18.8. The molecule has 26 heavy (non-hydrogen) atoms. The molecule has 1 aromatic carbocycles. The highest BCUT2D eigenvalue weighted by Gasteiger charge is 2.31. The quantitative estimate of drug-likeness (QED) is 0.793. The molecule has 1 aliphatic rings. The minimum Gasteiger partial charge on any atom is -0.452 e. The molecule has 2 heterocycles. The van der Waals surface area contributed by atoms with Gasteiger partial charge in [-0.1, -0.05) is 34.4 Å². The SMILES string of the molecule is Cc1noc(N)c1C(=O)OCC(=O)N1CCC[C@H]1c1ccc(Cl)c(Cl)c1. The van der Waals surface area contributed by atoms with Crippen LogP contribution in [0.15, 0.2) is 22.7 Å². The number of amides is 1. The highest BCUT2D eigenvalue weighted by molar-refractivity contribution is 6.42. The van der Waals surface area contributed by atoms with E-state index in [-0.39, 0.29) is 30.0 Å². The Hall–Kier alpha value is -2.25. The van der Waals surface area contributed by atoms with Gasteiger partial charge in [0.05, 0.1) is 21.8 Å². The van der Waals surface area contributed by atoms with Crippen LogP contribution in [0.2, 0.25) is 10.0 Å². The van der Waals surface area contributed by atoms with Crippen LogP contribution in [0.25, 0.3) is 0 Å². The molecule has 1 amide bonds. The Labute approximate surface area is 160 Å². The summed E-state index contributed by atoms with van der Waals surface area (Å²) in [6, 6.07) is 5.18. The Morgan fingerprint density at radius 1 is 1.38 bits per heavy atom.